The second-order valence-corrected chi connectivity index (χ2v) is 7.25. The van der Waals surface area contributed by atoms with Crippen molar-refractivity contribution in [2.24, 2.45) is 0 Å². The van der Waals surface area contributed by atoms with E-state index >= 15 is 0 Å². The fourth-order valence-electron chi connectivity index (χ4n) is 3.22. The Bertz CT molecular complexity index is 1260. The summed E-state index contributed by atoms with van der Waals surface area (Å²) in [5.74, 6) is -0.584. The summed E-state index contributed by atoms with van der Waals surface area (Å²) in [7, 11) is 1.47. The molecule has 0 spiro atoms. The number of carbonyl (C=O) groups excluding carboxylic acids is 1. The molecule has 1 N–H and O–H groups in total. The average molecular weight is 460 g/mol. The zero-order valence-corrected chi connectivity index (χ0v) is 18.5. The van der Waals surface area contributed by atoms with Gasteiger partial charge in [-0.25, -0.2) is 8.78 Å². The van der Waals surface area contributed by atoms with Crippen LogP contribution in [0.4, 0.5) is 14.5 Å². The Morgan fingerprint density at radius 1 is 1.12 bits per heavy atom. The Morgan fingerprint density at radius 2 is 1.88 bits per heavy atom. The van der Waals surface area contributed by atoms with E-state index in [1.807, 2.05) is 6.07 Å². The highest BCUT2D eigenvalue weighted by atomic mass is 19.1. The predicted molar refractivity (Wildman–Crippen MR) is 126 cm³/mol. The van der Waals surface area contributed by atoms with Crippen molar-refractivity contribution in [2.75, 3.05) is 12.4 Å². The molecule has 0 radical (unpaired) electrons. The van der Waals surface area contributed by atoms with Gasteiger partial charge in [0.1, 0.15) is 29.9 Å². The predicted octanol–water partition coefficient (Wildman–Crippen LogP) is 5.83. The number of allylic oxidation sites excluding steroid dienone is 1. The maximum atomic E-state index is 13.5. The van der Waals surface area contributed by atoms with Gasteiger partial charge in [0, 0.05) is 11.3 Å². The second kappa shape index (κ2) is 11.4. The lowest BCUT2D eigenvalue weighted by molar-refractivity contribution is -0.112. The Hall–Kier alpha value is -4.44. The maximum Gasteiger partial charge on any atom is 0.266 e. The van der Waals surface area contributed by atoms with E-state index in [4.69, 9.17) is 9.47 Å². The zero-order valence-electron chi connectivity index (χ0n) is 18.5. The van der Waals surface area contributed by atoms with Crippen LogP contribution in [0.3, 0.4) is 0 Å². The zero-order chi connectivity index (χ0) is 24.5. The van der Waals surface area contributed by atoms with Crippen molar-refractivity contribution in [3.63, 3.8) is 0 Å². The van der Waals surface area contributed by atoms with Crippen LogP contribution in [0.25, 0.3) is 6.08 Å². The number of rotatable bonds is 9. The van der Waals surface area contributed by atoms with Crippen molar-refractivity contribution >= 4 is 17.7 Å². The van der Waals surface area contributed by atoms with Gasteiger partial charge in [0.05, 0.1) is 7.11 Å². The summed E-state index contributed by atoms with van der Waals surface area (Å²) in [6, 6.07) is 16.6. The van der Waals surface area contributed by atoms with Crippen molar-refractivity contribution < 1.29 is 23.0 Å². The van der Waals surface area contributed by atoms with E-state index in [1.165, 1.54) is 49.6 Å². The number of nitriles is 1. The Kier molecular flexibility index (Phi) is 8.14. The number of halogens is 2. The summed E-state index contributed by atoms with van der Waals surface area (Å²) in [4.78, 5) is 12.6. The van der Waals surface area contributed by atoms with Crippen LogP contribution >= 0.6 is 0 Å². The lowest BCUT2D eigenvalue weighted by atomic mass is 10.0. The number of nitrogens with one attached hydrogen (secondary N) is 1. The van der Waals surface area contributed by atoms with E-state index in [0.717, 1.165) is 0 Å². The SMILES string of the molecule is C=CCc1cc(/C=C(\C#N)C(=O)Nc2ccc(F)cc2)cc(OC)c1OCc1cccc(F)c1. The van der Waals surface area contributed by atoms with Crippen molar-refractivity contribution in [2.45, 2.75) is 13.0 Å². The van der Waals surface area contributed by atoms with Crippen molar-refractivity contribution in [3.05, 3.63) is 107 Å². The van der Waals surface area contributed by atoms with Crippen LogP contribution in [0.15, 0.2) is 78.9 Å². The molecule has 0 saturated heterocycles. The summed E-state index contributed by atoms with van der Waals surface area (Å²) < 4.78 is 38.0. The molecule has 5 nitrogen and oxygen atoms in total. The molecular weight excluding hydrogens is 438 g/mol. The van der Waals surface area contributed by atoms with Gasteiger partial charge < -0.3 is 14.8 Å². The number of amides is 1. The highest BCUT2D eigenvalue weighted by Crippen LogP contribution is 2.35. The highest BCUT2D eigenvalue weighted by molar-refractivity contribution is 6.09. The molecule has 7 heteroatoms. The maximum absolute atomic E-state index is 13.5. The van der Waals surface area contributed by atoms with Crippen molar-refractivity contribution in [3.8, 4) is 17.6 Å². The van der Waals surface area contributed by atoms with E-state index in [9.17, 15) is 18.8 Å². The minimum absolute atomic E-state index is 0.122. The minimum atomic E-state index is -0.634. The molecule has 0 aromatic heterocycles. The van der Waals surface area contributed by atoms with Crippen LogP contribution in [-0.2, 0) is 17.8 Å². The fraction of sp³-hybridized carbons (Fsp3) is 0.111. The normalized spacial score (nSPS) is 10.8. The number of benzene rings is 3. The van der Waals surface area contributed by atoms with Crippen LogP contribution in [0.5, 0.6) is 11.5 Å². The van der Waals surface area contributed by atoms with E-state index < -0.39 is 11.7 Å². The van der Waals surface area contributed by atoms with Crippen LogP contribution in [0.2, 0.25) is 0 Å². The summed E-state index contributed by atoms with van der Waals surface area (Å²) in [6.07, 6.45) is 3.54. The van der Waals surface area contributed by atoms with Crippen LogP contribution < -0.4 is 14.8 Å². The van der Waals surface area contributed by atoms with E-state index in [-0.39, 0.29) is 18.0 Å². The summed E-state index contributed by atoms with van der Waals surface area (Å²) in [6.45, 7) is 3.89. The summed E-state index contributed by atoms with van der Waals surface area (Å²) in [5, 5.41) is 12.1. The van der Waals surface area contributed by atoms with Crippen LogP contribution in [0.1, 0.15) is 16.7 Å². The van der Waals surface area contributed by atoms with E-state index in [0.29, 0.717) is 40.3 Å². The summed E-state index contributed by atoms with van der Waals surface area (Å²) in [5.41, 5.74) is 2.12. The number of ether oxygens (including phenoxy) is 2. The molecule has 172 valence electrons. The number of anilines is 1. The molecule has 0 unspecified atom stereocenters. The lowest BCUT2D eigenvalue weighted by Crippen LogP contribution is -2.13. The number of methoxy groups -OCH3 is 1. The first kappa shape index (κ1) is 24.2. The van der Waals surface area contributed by atoms with Crippen LogP contribution in [-0.4, -0.2) is 13.0 Å². The molecule has 3 aromatic rings. The van der Waals surface area contributed by atoms with Gasteiger partial charge in [0.2, 0.25) is 0 Å². The smallest absolute Gasteiger partial charge is 0.266 e. The standard InChI is InChI=1S/C27H22F2N2O3/c1-3-5-20-12-19(13-21(16-30)27(32)31-24-10-8-22(28)9-11-24)15-25(33-2)26(20)34-17-18-6-4-7-23(29)14-18/h3-4,6-15H,1,5,17H2,2H3,(H,31,32)/b21-13+. The molecule has 3 rings (SSSR count). The first-order valence-corrected chi connectivity index (χ1v) is 10.3. The largest absolute Gasteiger partial charge is 0.493 e. The molecule has 0 saturated carbocycles. The molecular formula is C27H22F2N2O3. The van der Waals surface area contributed by atoms with E-state index in [2.05, 4.69) is 11.9 Å². The Morgan fingerprint density at radius 3 is 2.53 bits per heavy atom. The van der Waals surface area contributed by atoms with Gasteiger partial charge in [-0.1, -0.05) is 18.2 Å². The quantitative estimate of drug-likeness (QED) is 0.248. The topological polar surface area (TPSA) is 71.4 Å². The van der Waals surface area contributed by atoms with Gasteiger partial charge in [-0.3, -0.25) is 4.79 Å². The third-order valence-electron chi connectivity index (χ3n) is 4.79. The third-order valence-corrected chi connectivity index (χ3v) is 4.79. The van der Waals surface area contributed by atoms with Gasteiger partial charge >= 0.3 is 0 Å². The van der Waals surface area contributed by atoms with Gasteiger partial charge in [0.25, 0.3) is 5.91 Å². The molecule has 0 aliphatic carbocycles. The van der Waals surface area contributed by atoms with E-state index in [1.54, 1.807) is 30.3 Å². The molecule has 0 aliphatic heterocycles. The van der Waals surface area contributed by atoms with Crippen molar-refractivity contribution in [1.82, 2.24) is 0 Å². The first-order valence-electron chi connectivity index (χ1n) is 10.3. The second-order valence-electron chi connectivity index (χ2n) is 7.25. The van der Waals surface area contributed by atoms with Crippen molar-refractivity contribution in [1.29, 1.82) is 5.26 Å². The molecule has 0 atom stereocenters. The Balaban J connectivity index is 1.89. The Labute approximate surface area is 196 Å². The first-order chi connectivity index (χ1) is 16.4. The van der Waals surface area contributed by atoms with Gasteiger partial charge in [0.15, 0.2) is 11.5 Å². The van der Waals surface area contributed by atoms with Gasteiger partial charge in [-0.15, -0.1) is 6.58 Å². The monoisotopic (exact) mass is 460 g/mol. The lowest BCUT2D eigenvalue weighted by Gasteiger charge is -2.16. The van der Waals surface area contributed by atoms with Gasteiger partial charge in [-0.05, 0) is 72.2 Å². The summed E-state index contributed by atoms with van der Waals surface area (Å²) >= 11 is 0. The minimum Gasteiger partial charge on any atom is -0.493 e. The number of nitrogens with zero attached hydrogens (tertiary/aromatic N) is 1. The fourth-order valence-corrected chi connectivity index (χ4v) is 3.22. The molecule has 0 aliphatic rings. The third kappa shape index (κ3) is 6.30. The molecule has 1 amide bonds. The highest BCUT2D eigenvalue weighted by Gasteiger charge is 2.15. The molecule has 0 fully saturated rings. The number of hydrogen-bond acceptors (Lipinski definition) is 4. The van der Waals surface area contributed by atoms with Crippen LogP contribution in [0, 0.1) is 23.0 Å². The number of hydrogen-bond donors (Lipinski definition) is 1. The molecule has 0 bridgehead atoms. The molecule has 34 heavy (non-hydrogen) atoms. The average Bonchev–Trinajstić information content (AvgIpc) is 2.83. The molecule has 0 heterocycles. The number of carbonyl (C=O) groups is 1. The van der Waals surface area contributed by atoms with Gasteiger partial charge in [-0.2, -0.15) is 5.26 Å². The molecule has 3 aromatic carbocycles.